The summed E-state index contributed by atoms with van der Waals surface area (Å²) in [5, 5.41) is 4.65. The van der Waals surface area contributed by atoms with Crippen LogP contribution in [0.4, 0.5) is 5.69 Å². The number of fused-ring (bicyclic) bond motifs is 1. The molecule has 0 aliphatic carbocycles. The first-order chi connectivity index (χ1) is 9.74. The van der Waals surface area contributed by atoms with Gasteiger partial charge in [-0.05, 0) is 50.3 Å². The van der Waals surface area contributed by atoms with Gasteiger partial charge in [-0.1, -0.05) is 29.8 Å². The molecule has 0 spiro atoms. The molecule has 0 unspecified atom stereocenters. The molecule has 3 nitrogen and oxygen atoms in total. The molecule has 2 aromatic rings. The van der Waals surface area contributed by atoms with Gasteiger partial charge in [0, 0.05) is 28.3 Å². The van der Waals surface area contributed by atoms with Crippen LogP contribution >= 0.6 is 15.9 Å². The maximum atomic E-state index is 4.36. The van der Waals surface area contributed by atoms with E-state index in [2.05, 4.69) is 63.2 Å². The normalized spacial score (nSPS) is 11.2. The van der Waals surface area contributed by atoms with Crippen molar-refractivity contribution in [3.8, 4) is 0 Å². The Bertz CT molecular complexity index is 552. The number of halogens is 1. The third-order valence-electron chi connectivity index (χ3n) is 3.56. The Balaban J connectivity index is 1.92. The Kier molecular flexibility index (Phi) is 5.80. The van der Waals surface area contributed by atoms with E-state index in [1.165, 1.54) is 0 Å². The molecule has 1 aromatic heterocycles. The van der Waals surface area contributed by atoms with Gasteiger partial charge >= 0.3 is 0 Å². The Morgan fingerprint density at radius 2 is 2.00 bits per heavy atom. The molecule has 2 rings (SSSR count). The highest BCUT2D eigenvalue weighted by molar-refractivity contribution is 9.10. The van der Waals surface area contributed by atoms with Crippen molar-refractivity contribution in [1.82, 2.24) is 9.88 Å². The predicted octanol–water partition coefficient (Wildman–Crippen LogP) is 4.14. The fraction of sp³-hybridized carbons (Fsp3) is 0.438. The molecule has 0 aliphatic rings. The molecule has 1 aromatic carbocycles. The third kappa shape index (κ3) is 3.93. The average Bonchev–Trinajstić information content (AvgIpc) is 2.48. The quantitative estimate of drug-likeness (QED) is 0.770. The second-order valence-corrected chi connectivity index (χ2v) is 5.69. The molecule has 108 valence electrons. The van der Waals surface area contributed by atoms with Crippen molar-refractivity contribution in [1.29, 1.82) is 0 Å². The van der Waals surface area contributed by atoms with Crippen LogP contribution in [0.3, 0.4) is 0 Å². The minimum atomic E-state index is 1.000. The zero-order valence-corrected chi connectivity index (χ0v) is 13.8. The highest BCUT2D eigenvalue weighted by Gasteiger charge is 2.02. The molecule has 0 amide bonds. The van der Waals surface area contributed by atoms with Crippen molar-refractivity contribution in [3.05, 3.63) is 34.9 Å². The van der Waals surface area contributed by atoms with Crippen LogP contribution in [-0.2, 0) is 0 Å². The summed E-state index contributed by atoms with van der Waals surface area (Å²) in [6.07, 6.45) is 2.98. The van der Waals surface area contributed by atoms with E-state index in [1.54, 1.807) is 0 Å². The molecule has 0 bridgehead atoms. The van der Waals surface area contributed by atoms with Gasteiger partial charge in [0.05, 0.1) is 5.52 Å². The average molecular weight is 336 g/mol. The van der Waals surface area contributed by atoms with Gasteiger partial charge in [-0.3, -0.25) is 4.98 Å². The van der Waals surface area contributed by atoms with E-state index in [-0.39, 0.29) is 0 Å². The number of aromatic nitrogens is 1. The lowest BCUT2D eigenvalue weighted by molar-refractivity contribution is 0.303. The minimum Gasteiger partial charge on any atom is -0.385 e. The molecule has 0 saturated heterocycles. The molecule has 0 atom stereocenters. The first-order valence-corrected chi connectivity index (χ1v) is 8.04. The lowest BCUT2D eigenvalue weighted by Crippen LogP contribution is -2.25. The van der Waals surface area contributed by atoms with Crippen LogP contribution in [0.2, 0.25) is 0 Å². The Hall–Kier alpha value is -1.13. The van der Waals surface area contributed by atoms with Crippen molar-refractivity contribution in [3.63, 3.8) is 0 Å². The summed E-state index contributed by atoms with van der Waals surface area (Å²) in [6, 6.07) is 8.29. The smallest absolute Gasteiger partial charge is 0.0714 e. The molecular formula is C16H22BrN3. The van der Waals surface area contributed by atoms with Crippen molar-refractivity contribution >= 4 is 32.5 Å². The summed E-state index contributed by atoms with van der Waals surface area (Å²) in [5.74, 6) is 0. The first-order valence-electron chi connectivity index (χ1n) is 7.25. The molecule has 0 aliphatic heterocycles. The van der Waals surface area contributed by atoms with Crippen LogP contribution < -0.4 is 5.32 Å². The monoisotopic (exact) mass is 335 g/mol. The molecule has 0 saturated carbocycles. The van der Waals surface area contributed by atoms with Crippen molar-refractivity contribution < 1.29 is 0 Å². The summed E-state index contributed by atoms with van der Waals surface area (Å²) in [7, 11) is 0. The highest BCUT2D eigenvalue weighted by atomic mass is 79.9. The number of hydrogen-bond donors (Lipinski definition) is 1. The van der Waals surface area contributed by atoms with E-state index in [4.69, 9.17) is 0 Å². The molecule has 1 heterocycles. The number of anilines is 1. The topological polar surface area (TPSA) is 28.2 Å². The van der Waals surface area contributed by atoms with E-state index in [0.717, 1.165) is 53.7 Å². The van der Waals surface area contributed by atoms with E-state index in [1.807, 2.05) is 12.3 Å². The third-order valence-corrected chi connectivity index (χ3v) is 4.25. The Morgan fingerprint density at radius 3 is 2.75 bits per heavy atom. The lowest BCUT2D eigenvalue weighted by atomic mass is 10.2. The second kappa shape index (κ2) is 7.60. The molecule has 4 heteroatoms. The molecule has 0 radical (unpaired) electrons. The summed E-state index contributed by atoms with van der Waals surface area (Å²) in [6.45, 7) is 8.84. The van der Waals surface area contributed by atoms with Crippen LogP contribution in [-0.4, -0.2) is 36.1 Å². The van der Waals surface area contributed by atoms with E-state index in [0.29, 0.717) is 0 Å². The highest BCUT2D eigenvalue weighted by Crippen LogP contribution is 2.24. The molecule has 1 N–H and O–H groups in total. The number of hydrogen-bond acceptors (Lipinski definition) is 3. The van der Waals surface area contributed by atoms with Gasteiger partial charge in [0.25, 0.3) is 0 Å². The van der Waals surface area contributed by atoms with Gasteiger partial charge in [-0.2, -0.15) is 0 Å². The van der Waals surface area contributed by atoms with Gasteiger partial charge in [0.15, 0.2) is 0 Å². The van der Waals surface area contributed by atoms with Gasteiger partial charge in [-0.15, -0.1) is 0 Å². The van der Waals surface area contributed by atoms with Gasteiger partial charge < -0.3 is 10.2 Å². The summed E-state index contributed by atoms with van der Waals surface area (Å²) >= 11 is 3.58. The van der Waals surface area contributed by atoms with Crippen molar-refractivity contribution in [2.75, 3.05) is 31.5 Å². The van der Waals surface area contributed by atoms with Crippen molar-refractivity contribution in [2.45, 2.75) is 20.3 Å². The van der Waals surface area contributed by atoms with Crippen LogP contribution in [0, 0.1) is 0 Å². The fourth-order valence-corrected chi connectivity index (χ4v) is 2.73. The van der Waals surface area contributed by atoms with Crippen LogP contribution in [0.15, 0.2) is 34.9 Å². The second-order valence-electron chi connectivity index (χ2n) is 4.83. The molecular weight excluding hydrogens is 314 g/mol. The summed E-state index contributed by atoms with van der Waals surface area (Å²) in [5.41, 5.74) is 2.18. The van der Waals surface area contributed by atoms with Crippen LogP contribution in [0.25, 0.3) is 10.9 Å². The number of pyridine rings is 1. The summed E-state index contributed by atoms with van der Waals surface area (Å²) < 4.78 is 1.09. The SMILES string of the molecule is CCN(CC)CCCNc1ccc2nccc(Br)c2c1. The lowest BCUT2D eigenvalue weighted by Gasteiger charge is -2.18. The van der Waals surface area contributed by atoms with Gasteiger partial charge in [-0.25, -0.2) is 0 Å². The number of benzene rings is 1. The summed E-state index contributed by atoms with van der Waals surface area (Å²) in [4.78, 5) is 6.81. The zero-order valence-electron chi connectivity index (χ0n) is 12.2. The van der Waals surface area contributed by atoms with E-state index in [9.17, 15) is 0 Å². The maximum Gasteiger partial charge on any atom is 0.0714 e. The number of rotatable bonds is 7. The molecule has 0 fully saturated rings. The standard InChI is InChI=1S/C16H22BrN3/c1-3-20(4-2)11-5-9-18-13-6-7-16-14(12-13)15(17)8-10-19-16/h6-8,10,12,18H,3-5,9,11H2,1-2H3. The number of nitrogens with one attached hydrogen (secondary N) is 1. The Morgan fingerprint density at radius 1 is 1.20 bits per heavy atom. The van der Waals surface area contributed by atoms with Crippen molar-refractivity contribution in [2.24, 2.45) is 0 Å². The predicted molar refractivity (Wildman–Crippen MR) is 90.3 cm³/mol. The largest absolute Gasteiger partial charge is 0.385 e. The maximum absolute atomic E-state index is 4.36. The van der Waals surface area contributed by atoms with Gasteiger partial charge in [0.2, 0.25) is 0 Å². The van der Waals surface area contributed by atoms with Crippen LogP contribution in [0.1, 0.15) is 20.3 Å². The molecule has 20 heavy (non-hydrogen) atoms. The van der Waals surface area contributed by atoms with Gasteiger partial charge in [0.1, 0.15) is 0 Å². The van der Waals surface area contributed by atoms with E-state index >= 15 is 0 Å². The zero-order chi connectivity index (χ0) is 14.4. The first kappa shape index (κ1) is 15.3. The van der Waals surface area contributed by atoms with E-state index < -0.39 is 0 Å². The minimum absolute atomic E-state index is 1.000. The van der Waals surface area contributed by atoms with Crippen LogP contribution in [0.5, 0.6) is 0 Å². The Labute approximate surface area is 129 Å². The fourth-order valence-electron chi connectivity index (χ4n) is 2.30. The number of nitrogens with zero attached hydrogens (tertiary/aromatic N) is 2.